The van der Waals surface area contributed by atoms with Gasteiger partial charge in [-0.2, -0.15) is 0 Å². The van der Waals surface area contributed by atoms with Crippen molar-refractivity contribution in [3.8, 4) is 0 Å². The molecule has 0 saturated heterocycles. The highest BCUT2D eigenvalue weighted by Crippen LogP contribution is 2.25. The van der Waals surface area contributed by atoms with Gasteiger partial charge in [-0.3, -0.25) is 9.10 Å². The number of nitrogens with zero attached hydrogens (tertiary/aromatic N) is 1. The Balaban J connectivity index is 2.51. The number of benzene rings is 2. The number of anilines is 1. The van der Waals surface area contributed by atoms with Crippen LogP contribution in [0.1, 0.15) is 0 Å². The van der Waals surface area contributed by atoms with Crippen LogP contribution in [-0.4, -0.2) is 28.0 Å². The maximum absolute atomic E-state index is 13.4. The Morgan fingerprint density at radius 3 is 2.43 bits per heavy atom. The lowest BCUT2D eigenvalue weighted by Gasteiger charge is -2.23. The van der Waals surface area contributed by atoms with Crippen molar-refractivity contribution in [2.75, 3.05) is 18.0 Å². The third kappa shape index (κ3) is 4.08. The van der Waals surface area contributed by atoms with Crippen LogP contribution < -0.4 is 4.31 Å². The van der Waals surface area contributed by atoms with Gasteiger partial charge in [0.15, 0.2) is 0 Å². The van der Waals surface area contributed by atoms with E-state index in [2.05, 4.69) is 20.7 Å². The average Bonchev–Trinajstić information content (AvgIpc) is 2.52. The summed E-state index contributed by atoms with van der Waals surface area (Å²) in [6.45, 7) is -0.557. The van der Waals surface area contributed by atoms with Crippen molar-refractivity contribution >= 4 is 37.6 Å². The van der Waals surface area contributed by atoms with Crippen LogP contribution in [0.2, 0.25) is 0 Å². The molecule has 0 aromatic heterocycles. The van der Waals surface area contributed by atoms with Crippen LogP contribution in [0.15, 0.2) is 57.9 Å². The largest absolute Gasteiger partial charge is 0.468 e. The van der Waals surface area contributed by atoms with Gasteiger partial charge in [0.05, 0.1) is 17.7 Å². The summed E-state index contributed by atoms with van der Waals surface area (Å²) in [5.41, 5.74) is 0.0401. The molecular weight excluding hydrogens is 389 g/mol. The molecule has 0 aliphatic heterocycles. The van der Waals surface area contributed by atoms with Crippen molar-refractivity contribution in [2.45, 2.75) is 4.90 Å². The molecule has 0 atom stereocenters. The van der Waals surface area contributed by atoms with E-state index >= 15 is 0 Å². The van der Waals surface area contributed by atoms with E-state index in [4.69, 9.17) is 0 Å². The van der Waals surface area contributed by atoms with Gasteiger partial charge in [0.25, 0.3) is 10.0 Å². The zero-order chi connectivity index (χ0) is 17.0. The second kappa shape index (κ2) is 7.10. The minimum atomic E-state index is -4.05. The number of rotatable bonds is 5. The third-order valence-corrected chi connectivity index (χ3v) is 5.31. The number of hydrogen-bond donors (Lipinski definition) is 0. The molecule has 0 heterocycles. The lowest BCUT2D eigenvalue weighted by atomic mass is 10.3. The molecule has 0 spiro atoms. The summed E-state index contributed by atoms with van der Waals surface area (Å²) >= 11 is 3.22. The number of esters is 1. The second-order valence-electron chi connectivity index (χ2n) is 4.52. The number of carbonyl (C=O) groups excluding carboxylic acids is 1. The standard InChI is InChI=1S/C15H13BrFNO4S/c1-22-15(19)10-18(13-4-2-3-12(17)9-13)23(20,21)14-7-5-11(16)6-8-14/h2-9H,10H2,1H3. The first kappa shape index (κ1) is 17.4. The van der Waals surface area contributed by atoms with Crippen molar-refractivity contribution in [1.29, 1.82) is 0 Å². The molecular formula is C15H13BrFNO4S. The van der Waals surface area contributed by atoms with Gasteiger partial charge in [-0.1, -0.05) is 22.0 Å². The molecule has 2 rings (SSSR count). The molecule has 122 valence electrons. The molecule has 0 fully saturated rings. The van der Waals surface area contributed by atoms with E-state index in [0.717, 1.165) is 17.5 Å². The van der Waals surface area contributed by atoms with Crippen LogP contribution >= 0.6 is 15.9 Å². The summed E-state index contributed by atoms with van der Waals surface area (Å²) in [6.07, 6.45) is 0. The Bertz CT molecular complexity index is 808. The van der Waals surface area contributed by atoms with Crippen LogP contribution in [0, 0.1) is 5.82 Å². The average molecular weight is 402 g/mol. The Kier molecular flexibility index (Phi) is 5.38. The smallest absolute Gasteiger partial charge is 0.326 e. The Hall–Kier alpha value is -1.93. The zero-order valence-electron chi connectivity index (χ0n) is 12.1. The van der Waals surface area contributed by atoms with E-state index in [0.29, 0.717) is 4.47 Å². The molecule has 2 aromatic rings. The summed E-state index contributed by atoms with van der Waals surface area (Å²) in [6, 6.07) is 10.9. The molecule has 0 bridgehead atoms. The number of methoxy groups -OCH3 is 1. The van der Waals surface area contributed by atoms with Crippen molar-refractivity contribution in [3.63, 3.8) is 0 Å². The van der Waals surface area contributed by atoms with E-state index < -0.39 is 28.4 Å². The summed E-state index contributed by atoms with van der Waals surface area (Å²) in [5, 5.41) is 0. The van der Waals surface area contributed by atoms with Gasteiger partial charge >= 0.3 is 5.97 Å². The van der Waals surface area contributed by atoms with Crippen molar-refractivity contribution < 1.29 is 22.3 Å². The first-order valence-corrected chi connectivity index (χ1v) is 8.68. The van der Waals surface area contributed by atoms with Crippen molar-refractivity contribution in [1.82, 2.24) is 0 Å². The molecule has 8 heteroatoms. The van der Waals surface area contributed by atoms with Crippen LogP contribution in [0.4, 0.5) is 10.1 Å². The number of carbonyl (C=O) groups is 1. The van der Waals surface area contributed by atoms with Gasteiger partial charge in [-0.15, -0.1) is 0 Å². The van der Waals surface area contributed by atoms with E-state index in [1.54, 1.807) is 12.1 Å². The Morgan fingerprint density at radius 1 is 1.22 bits per heavy atom. The molecule has 0 radical (unpaired) electrons. The lowest BCUT2D eigenvalue weighted by molar-refractivity contribution is -0.138. The number of sulfonamides is 1. The van der Waals surface area contributed by atoms with Gasteiger partial charge in [-0.05, 0) is 42.5 Å². The first-order valence-electron chi connectivity index (χ1n) is 6.45. The van der Waals surface area contributed by atoms with Crippen LogP contribution in [0.5, 0.6) is 0 Å². The number of ether oxygens (including phenoxy) is 1. The van der Waals surface area contributed by atoms with Gasteiger partial charge in [0, 0.05) is 4.47 Å². The first-order chi connectivity index (χ1) is 10.8. The highest BCUT2D eigenvalue weighted by atomic mass is 79.9. The Labute approximate surface area is 141 Å². The molecule has 0 N–H and O–H groups in total. The summed E-state index contributed by atoms with van der Waals surface area (Å²) in [7, 11) is -2.90. The fraction of sp³-hybridized carbons (Fsp3) is 0.133. The monoisotopic (exact) mass is 401 g/mol. The SMILES string of the molecule is COC(=O)CN(c1cccc(F)c1)S(=O)(=O)c1ccc(Br)cc1. The predicted octanol–water partition coefficient (Wildman–Crippen LogP) is 2.96. The normalized spacial score (nSPS) is 11.1. The van der Waals surface area contributed by atoms with Crippen LogP contribution in [0.3, 0.4) is 0 Å². The number of halogens is 2. The zero-order valence-corrected chi connectivity index (χ0v) is 14.5. The molecule has 0 saturated carbocycles. The highest BCUT2D eigenvalue weighted by Gasteiger charge is 2.27. The predicted molar refractivity (Wildman–Crippen MR) is 87.1 cm³/mol. The molecule has 0 aliphatic carbocycles. The van der Waals surface area contributed by atoms with E-state index in [-0.39, 0.29) is 10.6 Å². The Morgan fingerprint density at radius 2 is 1.87 bits per heavy atom. The minimum Gasteiger partial charge on any atom is -0.468 e. The second-order valence-corrected chi connectivity index (χ2v) is 7.30. The van der Waals surface area contributed by atoms with Gasteiger partial charge < -0.3 is 4.74 Å². The molecule has 0 aliphatic rings. The summed E-state index contributed by atoms with van der Waals surface area (Å²) in [5.74, 6) is -1.36. The van der Waals surface area contributed by atoms with E-state index in [9.17, 15) is 17.6 Å². The molecule has 5 nitrogen and oxygen atoms in total. The van der Waals surface area contributed by atoms with E-state index in [1.165, 1.54) is 30.3 Å². The molecule has 23 heavy (non-hydrogen) atoms. The summed E-state index contributed by atoms with van der Waals surface area (Å²) in [4.78, 5) is 11.6. The maximum atomic E-state index is 13.4. The van der Waals surface area contributed by atoms with Gasteiger partial charge in [-0.25, -0.2) is 12.8 Å². The fourth-order valence-electron chi connectivity index (χ4n) is 1.86. The molecule has 0 amide bonds. The topological polar surface area (TPSA) is 63.7 Å². The quantitative estimate of drug-likeness (QED) is 0.722. The summed E-state index contributed by atoms with van der Waals surface area (Å²) < 4.78 is 45.1. The van der Waals surface area contributed by atoms with Gasteiger partial charge in [0.1, 0.15) is 12.4 Å². The molecule has 0 unspecified atom stereocenters. The van der Waals surface area contributed by atoms with Crippen molar-refractivity contribution in [3.05, 3.63) is 58.8 Å². The fourth-order valence-corrected chi connectivity index (χ4v) is 3.53. The van der Waals surface area contributed by atoms with E-state index in [1.807, 2.05) is 0 Å². The number of hydrogen-bond acceptors (Lipinski definition) is 4. The third-order valence-electron chi connectivity index (χ3n) is 3.00. The highest BCUT2D eigenvalue weighted by molar-refractivity contribution is 9.10. The van der Waals surface area contributed by atoms with Crippen LogP contribution in [0.25, 0.3) is 0 Å². The molecule has 2 aromatic carbocycles. The van der Waals surface area contributed by atoms with Gasteiger partial charge in [0.2, 0.25) is 0 Å². The maximum Gasteiger partial charge on any atom is 0.326 e. The lowest BCUT2D eigenvalue weighted by Crippen LogP contribution is -2.36. The van der Waals surface area contributed by atoms with Crippen LogP contribution in [-0.2, 0) is 19.6 Å². The minimum absolute atomic E-state index is 0.0196. The van der Waals surface area contributed by atoms with Crippen molar-refractivity contribution in [2.24, 2.45) is 0 Å².